The number of carbonyl (C=O) groups is 1. The number of hydrogen-bond donors (Lipinski definition) is 1. The number of nitrogens with two attached hydrogens (primary N) is 1. The van der Waals surface area contributed by atoms with E-state index in [9.17, 15) is 4.79 Å². The van der Waals surface area contributed by atoms with Crippen molar-refractivity contribution in [1.29, 1.82) is 0 Å². The van der Waals surface area contributed by atoms with Gasteiger partial charge >= 0.3 is 5.97 Å². The van der Waals surface area contributed by atoms with Crippen LogP contribution in [-0.4, -0.2) is 42.1 Å². The molecule has 0 unspecified atom stereocenters. The van der Waals surface area contributed by atoms with E-state index >= 15 is 0 Å². The molecule has 1 rings (SSSR count). The molecule has 0 spiro atoms. The highest BCUT2D eigenvalue weighted by Crippen LogP contribution is 2.27. The lowest BCUT2D eigenvalue weighted by Crippen LogP contribution is -2.60. The molecule has 4 heteroatoms. The minimum atomic E-state index is -0.546. The van der Waals surface area contributed by atoms with Crippen molar-refractivity contribution in [1.82, 2.24) is 4.90 Å². The van der Waals surface area contributed by atoms with Crippen molar-refractivity contribution < 1.29 is 9.53 Å². The Morgan fingerprint density at radius 3 is 2.44 bits per heavy atom. The Bertz CT molecular complexity index is 239. The molecule has 1 aliphatic rings. The number of hydrogen-bond acceptors (Lipinski definition) is 4. The van der Waals surface area contributed by atoms with Crippen molar-refractivity contribution in [2.24, 2.45) is 5.73 Å². The molecule has 2 atom stereocenters. The smallest absolute Gasteiger partial charge is 0.324 e. The highest BCUT2D eigenvalue weighted by Gasteiger charge is 2.41. The molecular formula is C12H24N2O2. The summed E-state index contributed by atoms with van der Waals surface area (Å²) < 4.78 is 5.02. The molecule has 94 valence electrons. The number of esters is 1. The van der Waals surface area contributed by atoms with Gasteiger partial charge in [0, 0.05) is 5.54 Å². The first-order chi connectivity index (χ1) is 7.56. The molecular weight excluding hydrogens is 204 g/mol. The Morgan fingerprint density at radius 2 is 2.00 bits per heavy atom. The molecule has 0 radical (unpaired) electrons. The lowest BCUT2D eigenvalue weighted by Gasteiger charge is -2.41. The van der Waals surface area contributed by atoms with E-state index in [-0.39, 0.29) is 11.5 Å². The van der Waals surface area contributed by atoms with E-state index in [4.69, 9.17) is 10.5 Å². The Balaban J connectivity index is 2.73. The fourth-order valence-electron chi connectivity index (χ4n) is 2.35. The molecule has 16 heavy (non-hydrogen) atoms. The Morgan fingerprint density at radius 1 is 1.44 bits per heavy atom. The van der Waals surface area contributed by atoms with Gasteiger partial charge in [-0.25, -0.2) is 0 Å². The minimum absolute atomic E-state index is 0.261. The average molecular weight is 228 g/mol. The molecule has 1 saturated heterocycles. The molecule has 0 amide bonds. The highest BCUT2D eigenvalue weighted by molar-refractivity contribution is 5.77. The van der Waals surface area contributed by atoms with Crippen LogP contribution in [0, 0.1) is 0 Å². The molecule has 0 aromatic heterocycles. The van der Waals surface area contributed by atoms with E-state index in [0.717, 1.165) is 19.5 Å². The number of carbonyl (C=O) groups excluding carboxylic acids is 1. The fourth-order valence-corrected chi connectivity index (χ4v) is 2.35. The van der Waals surface area contributed by atoms with Crippen molar-refractivity contribution in [3.8, 4) is 0 Å². The molecule has 0 saturated carbocycles. The van der Waals surface area contributed by atoms with Crippen LogP contribution in [0.15, 0.2) is 0 Å². The van der Waals surface area contributed by atoms with Gasteiger partial charge in [-0.3, -0.25) is 9.69 Å². The van der Waals surface area contributed by atoms with Gasteiger partial charge in [-0.2, -0.15) is 0 Å². The number of nitrogens with zero attached hydrogens (tertiary/aromatic N) is 1. The summed E-state index contributed by atoms with van der Waals surface area (Å²) in [4.78, 5) is 14.1. The second-order valence-electron chi connectivity index (χ2n) is 4.63. The van der Waals surface area contributed by atoms with Crippen LogP contribution < -0.4 is 5.73 Å². The topological polar surface area (TPSA) is 55.6 Å². The molecule has 0 aliphatic carbocycles. The van der Waals surface area contributed by atoms with Gasteiger partial charge in [-0.05, 0) is 46.2 Å². The maximum absolute atomic E-state index is 11.7. The largest absolute Gasteiger partial charge is 0.465 e. The fraction of sp³-hybridized carbons (Fsp3) is 0.917. The normalized spacial score (nSPS) is 22.8. The van der Waals surface area contributed by atoms with Crippen LogP contribution in [0.25, 0.3) is 0 Å². The zero-order valence-corrected chi connectivity index (χ0v) is 10.7. The van der Waals surface area contributed by atoms with Gasteiger partial charge in [0.25, 0.3) is 0 Å². The van der Waals surface area contributed by atoms with E-state index in [1.54, 1.807) is 0 Å². The van der Waals surface area contributed by atoms with E-state index in [2.05, 4.69) is 18.7 Å². The van der Waals surface area contributed by atoms with Gasteiger partial charge in [0.05, 0.1) is 6.61 Å². The van der Waals surface area contributed by atoms with Crippen molar-refractivity contribution in [3.05, 3.63) is 0 Å². The number of likely N-dealkylation sites (tertiary alicyclic amines) is 1. The predicted molar refractivity (Wildman–Crippen MR) is 64.1 cm³/mol. The van der Waals surface area contributed by atoms with Crippen molar-refractivity contribution in [2.45, 2.75) is 51.6 Å². The average Bonchev–Trinajstić information content (AvgIpc) is 2.81. The lowest BCUT2D eigenvalue weighted by atomic mass is 9.88. The van der Waals surface area contributed by atoms with Crippen LogP contribution in [-0.2, 0) is 9.53 Å². The molecule has 0 bridgehead atoms. The van der Waals surface area contributed by atoms with Crippen LogP contribution in [0.2, 0.25) is 0 Å². The van der Waals surface area contributed by atoms with Crippen LogP contribution >= 0.6 is 0 Å². The minimum Gasteiger partial charge on any atom is -0.465 e. The van der Waals surface area contributed by atoms with Crippen LogP contribution in [0.5, 0.6) is 0 Å². The third kappa shape index (κ3) is 2.55. The third-order valence-corrected chi connectivity index (χ3v) is 3.75. The molecule has 1 heterocycles. The van der Waals surface area contributed by atoms with E-state index in [1.165, 1.54) is 12.8 Å². The van der Waals surface area contributed by atoms with Crippen LogP contribution in [0.1, 0.15) is 40.0 Å². The molecule has 1 aliphatic heterocycles. The Labute approximate surface area is 98.1 Å². The second-order valence-corrected chi connectivity index (χ2v) is 4.63. The molecule has 1 fully saturated rings. The quantitative estimate of drug-likeness (QED) is 0.717. The number of ether oxygens (including phenoxy) is 1. The van der Waals surface area contributed by atoms with Crippen molar-refractivity contribution in [2.75, 3.05) is 19.7 Å². The van der Waals surface area contributed by atoms with Gasteiger partial charge in [0.15, 0.2) is 0 Å². The van der Waals surface area contributed by atoms with Gasteiger partial charge < -0.3 is 10.5 Å². The van der Waals surface area contributed by atoms with Gasteiger partial charge in [0.1, 0.15) is 6.04 Å². The summed E-state index contributed by atoms with van der Waals surface area (Å²) in [7, 11) is 0. The first-order valence-corrected chi connectivity index (χ1v) is 6.23. The standard InChI is InChI=1S/C12H24N2O2/c1-4-12(3,14-8-6-7-9-14)10(13)11(15)16-5-2/h10H,4-9,13H2,1-3H3/t10-,12-/m1/s1. The summed E-state index contributed by atoms with van der Waals surface area (Å²) in [5, 5.41) is 0. The van der Waals surface area contributed by atoms with Crippen molar-refractivity contribution in [3.63, 3.8) is 0 Å². The van der Waals surface area contributed by atoms with Crippen LogP contribution in [0.4, 0.5) is 0 Å². The van der Waals surface area contributed by atoms with E-state index < -0.39 is 6.04 Å². The Hall–Kier alpha value is -0.610. The lowest BCUT2D eigenvalue weighted by molar-refractivity contribution is -0.148. The van der Waals surface area contributed by atoms with Crippen molar-refractivity contribution >= 4 is 5.97 Å². The molecule has 2 N–H and O–H groups in total. The van der Waals surface area contributed by atoms with Gasteiger partial charge in [0.2, 0.25) is 0 Å². The van der Waals surface area contributed by atoms with Gasteiger partial charge in [-0.1, -0.05) is 6.92 Å². The van der Waals surface area contributed by atoms with E-state index in [0.29, 0.717) is 6.61 Å². The maximum Gasteiger partial charge on any atom is 0.324 e. The first-order valence-electron chi connectivity index (χ1n) is 6.23. The summed E-state index contributed by atoms with van der Waals surface area (Å²) in [5.74, 6) is -0.279. The monoisotopic (exact) mass is 228 g/mol. The predicted octanol–water partition coefficient (Wildman–Crippen LogP) is 1.14. The first kappa shape index (κ1) is 13.5. The zero-order valence-electron chi connectivity index (χ0n) is 10.7. The summed E-state index contributed by atoms with van der Waals surface area (Å²) in [5.41, 5.74) is 5.79. The summed E-state index contributed by atoms with van der Waals surface area (Å²) >= 11 is 0. The Kier molecular flexibility index (Phi) is 4.74. The molecule has 0 aromatic rings. The highest BCUT2D eigenvalue weighted by atomic mass is 16.5. The second kappa shape index (κ2) is 5.64. The third-order valence-electron chi connectivity index (χ3n) is 3.75. The SMILES string of the molecule is CCOC(=O)[C@@H](N)[C@@](C)(CC)N1CCCC1. The van der Waals surface area contributed by atoms with Gasteiger partial charge in [-0.15, -0.1) is 0 Å². The number of rotatable bonds is 5. The summed E-state index contributed by atoms with van der Waals surface area (Å²) in [6, 6.07) is -0.546. The summed E-state index contributed by atoms with van der Waals surface area (Å²) in [6.45, 7) is 8.43. The molecule has 4 nitrogen and oxygen atoms in total. The maximum atomic E-state index is 11.7. The zero-order chi connectivity index (χ0) is 12.2. The summed E-state index contributed by atoms with van der Waals surface area (Å²) in [6.07, 6.45) is 3.27. The van der Waals surface area contributed by atoms with Crippen LogP contribution in [0.3, 0.4) is 0 Å². The van der Waals surface area contributed by atoms with E-state index in [1.807, 2.05) is 6.92 Å². The molecule has 0 aromatic carbocycles.